The fourth-order valence-corrected chi connectivity index (χ4v) is 7.58. The maximum absolute atomic E-state index is 8.88. The van der Waals surface area contributed by atoms with Gasteiger partial charge in [-0.15, -0.1) is 53.6 Å². The summed E-state index contributed by atoms with van der Waals surface area (Å²) in [5, 5.41) is 3.09. The molecule has 5 aromatic carbocycles. The molecule has 0 saturated carbocycles. The topological polar surface area (TPSA) is 38.9 Å². The molecule has 3 aromatic heterocycles. The Labute approximate surface area is 337 Å². The van der Waals surface area contributed by atoms with Gasteiger partial charge >= 0.3 is 0 Å². The number of aromatic nitrogens is 2. The summed E-state index contributed by atoms with van der Waals surface area (Å²) in [7, 11) is -1.87. The van der Waals surface area contributed by atoms with Crippen molar-refractivity contribution < 1.29 is 32.7 Å². The van der Waals surface area contributed by atoms with E-state index in [0.29, 0.717) is 22.4 Å². The fraction of sp³-hybridized carbons (Fsp3) is 0.167. The summed E-state index contributed by atoms with van der Waals surface area (Å²) in [6.07, 6.45) is 1.86. The van der Waals surface area contributed by atoms with Crippen LogP contribution in [0.4, 0.5) is 0 Å². The molecule has 3 heterocycles. The van der Waals surface area contributed by atoms with Crippen LogP contribution >= 0.6 is 0 Å². The molecule has 0 aliphatic heterocycles. The maximum Gasteiger partial charge on any atom is 0.121 e. The zero-order chi connectivity index (χ0) is 41.5. The second-order valence-electron chi connectivity index (χ2n) is 14.1. The molecule has 0 fully saturated rings. The Bertz CT molecular complexity index is 2710. The van der Waals surface area contributed by atoms with Gasteiger partial charge in [-0.05, 0) is 57.7 Å². The van der Waals surface area contributed by atoms with Crippen LogP contribution in [0.2, 0.25) is 19.6 Å². The van der Waals surface area contributed by atoms with Crippen LogP contribution in [0.5, 0.6) is 0 Å². The number of fused-ring (bicyclic) bond motifs is 3. The van der Waals surface area contributed by atoms with Crippen LogP contribution in [0, 0.1) is 19.0 Å². The molecule has 0 saturated heterocycles. The van der Waals surface area contributed by atoms with Gasteiger partial charge < -0.3 is 14.4 Å². The number of aryl methyl sites for hydroxylation is 1. The van der Waals surface area contributed by atoms with Crippen molar-refractivity contribution in [3.8, 4) is 33.6 Å². The van der Waals surface area contributed by atoms with Crippen LogP contribution < -0.4 is 5.19 Å². The van der Waals surface area contributed by atoms with E-state index in [9.17, 15) is 0 Å². The molecule has 0 bridgehead atoms. The van der Waals surface area contributed by atoms with Gasteiger partial charge in [-0.25, -0.2) is 0 Å². The van der Waals surface area contributed by atoms with Crippen LogP contribution in [-0.4, -0.2) is 18.0 Å². The first-order chi connectivity index (χ1) is 27.4. The van der Waals surface area contributed by atoms with Crippen molar-refractivity contribution in [2.24, 2.45) is 0 Å². The molecule has 3 nitrogen and oxygen atoms in total. The molecule has 8 rings (SSSR count). The minimum atomic E-state index is -2.18. The molecule has 267 valence electrons. The van der Waals surface area contributed by atoms with Gasteiger partial charge in [0.1, 0.15) is 5.58 Å². The van der Waals surface area contributed by atoms with Crippen molar-refractivity contribution in [1.82, 2.24) is 9.97 Å². The molecule has 5 heteroatoms. The van der Waals surface area contributed by atoms with E-state index in [2.05, 4.69) is 72.1 Å². The summed E-state index contributed by atoms with van der Waals surface area (Å²) in [6, 6.07) is 46.4. The predicted molar refractivity (Wildman–Crippen MR) is 221 cm³/mol. The van der Waals surface area contributed by atoms with Gasteiger partial charge in [0.15, 0.2) is 0 Å². The minimum Gasteiger partial charge on any atom is -0.501 e. The number of rotatable bonds is 7. The van der Waals surface area contributed by atoms with E-state index >= 15 is 0 Å². The van der Waals surface area contributed by atoms with E-state index in [4.69, 9.17) is 12.6 Å². The fourth-order valence-electron chi connectivity index (χ4n) is 6.19. The maximum atomic E-state index is 8.88. The summed E-state index contributed by atoms with van der Waals surface area (Å²) in [4.78, 5) is 9.11. The van der Waals surface area contributed by atoms with Crippen LogP contribution in [0.25, 0.3) is 55.6 Å². The van der Waals surface area contributed by atoms with Crippen molar-refractivity contribution in [2.75, 3.05) is 0 Å². The van der Waals surface area contributed by atoms with Gasteiger partial charge in [-0.2, -0.15) is 0 Å². The van der Waals surface area contributed by atoms with Crippen LogP contribution in [-0.2, 0) is 26.5 Å². The summed E-state index contributed by atoms with van der Waals surface area (Å²) in [6.45, 7) is 8.09. The van der Waals surface area contributed by atoms with Crippen molar-refractivity contribution in [2.45, 2.75) is 52.6 Å². The van der Waals surface area contributed by atoms with Gasteiger partial charge in [0.25, 0.3) is 0 Å². The number of furan rings is 1. The molecule has 0 amide bonds. The Morgan fingerprint density at radius 1 is 0.792 bits per heavy atom. The first-order valence-corrected chi connectivity index (χ1v) is 20.9. The molecular weight excluding hydrogens is 841 g/mol. The number of nitrogens with zero attached hydrogens (tertiary/aromatic N) is 2. The van der Waals surface area contributed by atoms with E-state index < -0.39 is 27.2 Å². The molecule has 0 unspecified atom stereocenters. The summed E-state index contributed by atoms with van der Waals surface area (Å²) in [5.41, 5.74) is 9.08. The van der Waals surface area contributed by atoms with Crippen LogP contribution in [0.3, 0.4) is 0 Å². The Morgan fingerprint density at radius 3 is 2.26 bits per heavy atom. The predicted octanol–water partition coefficient (Wildman–Crippen LogP) is 12.2. The van der Waals surface area contributed by atoms with E-state index in [1.807, 2.05) is 74.5 Å². The smallest absolute Gasteiger partial charge is 0.121 e. The molecule has 0 N–H and O–H groups in total. The SMILES string of the molecule is [2H]C(C)(C)c1ccnc(-c2[c-]ccc3c2oc2cc(-c4ccccc4)ccc23)c1.[2H]C([2H])([2H])c1c[c-]c(-c2cc(C([2H])([2H])c3ccccc3)c([Si](C)(C)C)cn2)cc1.[Ir]. The zero-order valence-electron chi connectivity index (χ0n) is 36.4. The quantitative estimate of drug-likeness (QED) is 0.118. The summed E-state index contributed by atoms with van der Waals surface area (Å²) < 4.78 is 54.9. The Kier molecular flexibility index (Phi) is 9.44. The second kappa shape index (κ2) is 16.4. The number of benzene rings is 5. The van der Waals surface area contributed by atoms with Crippen molar-refractivity contribution >= 4 is 35.2 Å². The summed E-state index contributed by atoms with van der Waals surface area (Å²) in [5.74, 6) is -0.690. The van der Waals surface area contributed by atoms with Crippen molar-refractivity contribution in [1.29, 1.82) is 0 Å². The minimum absolute atomic E-state index is 0. The third-order valence-corrected chi connectivity index (χ3v) is 11.0. The first-order valence-electron chi connectivity index (χ1n) is 20.4. The molecular formula is C48H44IrN2OSi-2. The molecule has 1 radical (unpaired) electrons. The van der Waals surface area contributed by atoms with E-state index in [1.165, 1.54) is 6.07 Å². The third kappa shape index (κ3) is 8.66. The molecule has 0 atom stereocenters. The van der Waals surface area contributed by atoms with Gasteiger partial charge in [0.05, 0.1) is 13.7 Å². The second-order valence-corrected chi connectivity index (χ2v) is 19.1. The summed E-state index contributed by atoms with van der Waals surface area (Å²) >= 11 is 0. The van der Waals surface area contributed by atoms with Crippen LogP contribution in [0.1, 0.15) is 50.2 Å². The standard InChI is InChI=1S/C26H20NO.C22H24NSi.Ir/c1-17(2)19-13-14-27-24(15-19)23-10-6-9-22-21-12-11-20(16-25(21)28-26(22)23)18-7-4-3-5-8-18;1-17-10-12-19(13-11-17)21-15-20(14-18-8-6-5-7-9-18)22(16-23-21)24(2,3)4;/h3-9,11-17H,1-2H3;5-12,15-16H,14H2,1-4H3;/q2*-1;/i17D;1D3,14D2;. The zero-order valence-corrected chi connectivity index (χ0v) is 33.8. The van der Waals surface area contributed by atoms with Crippen molar-refractivity contribution in [3.05, 3.63) is 174 Å². The van der Waals surface area contributed by atoms with E-state index in [1.54, 1.807) is 42.7 Å². The monoisotopic (exact) mass is 891 g/mol. The molecule has 53 heavy (non-hydrogen) atoms. The molecule has 0 aliphatic carbocycles. The first kappa shape index (κ1) is 30.5. The third-order valence-electron chi connectivity index (χ3n) is 8.99. The van der Waals surface area contributed by atoms with E-state index in [0.717, 1.165) is 55.1 Å². The van der Waals surface area contributed by atoms with Gasteiger partial charge in [-0.3, -0.25) is 0 Å². The Morgan fingerprint density at radius 2 is 1.57 bits per heavy atom. The number of pyridine rings is 2. The van der Waals surface area contributed by atoms with Crippen molar-refractivity contribution in [3.63, 3.8) is 0 Å². The average molecular weight is 891 g/mol. The largest absolute Gasteiger partial charge is 0.501 e. The van der Waals surface area contributed by atoms with Gasteiger partial charge in [0.2, 0.25) is 0 Å². The normalized spacial score (nSPS) is 13.7. The van der Waals surface area contributed by atoms with Crippen LogP contribution in [0.15, 0.2) is 144 Å². The molecule has 0 spiro atoms. The Hall–Kier alpha value is -4.93. The van der Waals surface area contributed by atoms with E-state index in [-0.39, 0.29) is 25.7 Å². The number of hydrogen-bond acceptors (Lipinski definition) is 3. The molecule has 8 aromatic rings. The molecule has 0 aliphatic rings. The average Bonchev–Trinajstić information content (AvgIpc) is 3.59. The number of hydrogen-bond donors (Lipinski definition) is 0. The van der Waals surface area contributed by atoms with Gasteiger partial charge in [0, 0.05) is 46.1 Å². The van der Waals surface area contributed by atoms with Gasteiger partial charge in [-0.1, -0.05) is 147 Å². The Balaban J connectivity index is 0.000000195.